The van der Waals surface area contributed by atoms with Crippen LogP contribution in [0, 0.1) is 11.7 Å². The number of halogens is 2. The number of amides is 1. The second-order valence-electron chi connectivity index (χ2n) is 4.52. The average molecular weight is 271 g/mol. The molecule has 1 aliphatic heterocycles. The summed E-state index contributed by atoms with van der Waals surface area (Å²) < 4.78 is 13.2. The molecule has 1 aromatic carbocycles. The third-order valence-electron chi connectivity index (χ3n) is 3.15. The summed E-state index contributed by atoms with van der Waals surface area (Å²) in [5, 5.41) is 5.97. The first kappa shape index (κ1) is 13.3. The van der Waals surface area contributed by atoms with Gasteiger partial charge in [-0.25, -0.2) is 4.39 Å². The Morgan fingerprint density at radius 2 is 2.39 bits per heavy atom. The van der Waals surface area contributed by atoms with Gasteiger partial charge in [-0.05, 0) is 44.0 Å². The molecule has 1 unspecified atom stereocenters. The van der Waals surface area contributed by atoms with Crippen molar-refractivity contribution in [2.45, 2.75) is 12.8 Å². The van der Waals surface area contributed by atoms with Crippen LogP contribution in [-0.2, 0) is 0 Å². The second kappa shape index (κ2) is 6.16. The Kier molecular flexibility index (Phi) is 4.55. The SMILES string of the molecule is O=C(NCC1CCCNC1)c1cccc(F)c1Cl. The van der Waals surface area contributed by atoms with Crippen LogP contribution in [0.2, 0.25) is 5.02 Å². The summed E-state index contributed by atoms with van der Waals surface area (Å²) in [7, 11) is 0. The number of rotatable bonds is 3. The van der Waals surface area contributed by atoms with Crippen molar-refractivity contribution in [3.8, 4) is 0 Å². The van der Waals surface area contributed by atoms with Crippen LogP contribution in [0.3, 0.4) is 0 Å². The van der Waals surface area contributed by atoms with Gasteiger partial charge in [-0.3, -0.25) is 4.79 Å². The fourth-order valence-electron chi connectivity index (χ4n) is 2.11. The maximum atomic E-state index is 13.2. The van der Waals surface area contributed by atoms with E-state index in [2.05, 4.69) is 10.6 Å². The van der Waals surface area contributed by atoms with Crippen LogP contribution < -0.4 is 10.6 Å². The third kappa shape index (κ3) is 3.21. The van der Waals surface area contributed by atoms with E-state index < -0.39 is 5.82 Å². The Morgan fingerprint density at radius 1 is 1.56 bits per heavy atom. The Morgan fingerprint density at radius 3 is 3.11 bits per heavy atom. The van der Waals surface area contributed by atoms with Crippen molar-refractivity contribution in [1.29, 1.82) is 0 Å². The minimum absolute atomic E-state index is 0.114. The van der Waals surface area contributed by atoms with Gasteiger partial charge in [-0.1, -0.05) is 17.7 Å². The first-order valence-electron chi connectivity index (χ1n) is 6.11. The van der Waals surface area contributed by atoms with Gasteiger partial charge in [0.2, 0.25) is 0 Å². The Hall–Kier alpha value is -1.13. The molecule has 1 atom stereocenters. The van der Waals surface area contributed by atoms with Gasteiger partial charge in [-0.2, -0.15) is 0 Å². The standard InChI is InChI=1S/C13H16ClFN2O/c14-12-10(4-1-5-11(12)15)13(18)17-8-9-3-2-6-16-7-9/h1,4-5,9,16H,2-3,6-8H2,(H,17,18). The van der Waals surface area contributed by atoms with Gasteiger partial charge in [0.1, 0.15) is 5.82 Å². The zero-order valence-corrected chi connectivity index (χ0v) is 10.8. The molecule has 1 heterocycles. The number of carbonyl (C=O) groups excluding carboxylic acids is 1. The smallest absolute Gasteiger partial charge is 0.252 e. The molecule has 0 bridgehead atoms. The molecule has 18 heavy (non-hydrogen) atoms. The summed E-state index contributed by atoms with van der Waals surface area (Å²) in [6, 6.07) is 4.25. The van der Waals surface area contributed by atoms with Gasteiger partial charge in [0.15, 0.2) is 0 Å². The summed E-state index contributed by atoms with van der Waals surface area (Å²) in [5.74, 6) is -0.441. The van der Waals surface area contributed by atoms with E-state index in [0.29, 0.717) is 12.5 Å². The Bertz CT molecular complexity index is 433. The monoisotopic (exact) mass is 270 g/mol. The van der Waals surface area contributed by atoms with Gasteiger partial charge in [0.05, 0.1) is 10.6 Å². The molecule has 1 aromatic rings. The van der Waals surface area contributed by atoms with Gasteiger partial charge in [0, 0.05) is 6.54 Å². The van der Waals surface area contributed by atoms with E-state index >= 15 is 0 Å². The minimum Gasteiger partial charge on any atom is -0.352 e. The van der Waals surface area contributed by atoms with Crippen molar-refractivity contribution in [3.05, 3.63) is 34.6 Å². The number of hydrogen-bond acceptors (Lipinski definition) is 2. The molecule has 0 spiro atoms. The lowest BCUT2D eigenvalue weighted by Crippen LogP contribution is -2.38. The fraction of sp³-hybridized carbons (Fsp3) is 0.462. The summed E-state index contributed by atoms with van der Waals surface area (Å²) in [5.41, 5.74) is 0.195. The molecule has 0 radical (unpaired) electrons. The van der Waals surface area contributed by atoms with Crippen molar-refractivity contribution in [2.75, 3.05) is 19.6 Å². The van der Waals surface area contributed by atoms with Crippen LogP contribution in [0.25, 0.3) is 0 Å². The normalized spacial score (nSPS) is 19.6. The summed E-state index contributed by atoms with van der Waals surface area (Å²) in [6.45, 7) is 2.55. The molecule has 3 nitrogen and oxygen atoms in total. The minimum atomic E-state index is -0.566. The van der Waals surface area contributed by atoms with E-state index in [0.717, 1.165) is 25.9 Å². The van der Waals surface area contributed by atoms with Crippen molar-refractivity contribution < 1.29 is 9.18 Å². The van der Waals surface area contributed by atoms with Gasteiger partial charge >= 0.3 is 0 Å². The molecule has 1 amide bonds. The van der Waals surface area contributed by atoms with Crippen LogP contribution in [0.1, 0.15) is 23.2 Å². The molecule has 0 aromatic heterocycles. The van der Waals surface area contributed by atoms with Crippen LogP contribution in [0.15, 0.2) is 18.2 Å². The molecular weight excluding hydrogens is 255 g/mol. The molecule has 1 aliphatic rings. The Labute approximate surface area is 111 Å². The highest BCUT2D eigenvalue weighted by Gasteiger charge is 2.16. The largest absolute Gasteiger partial charge is 0.352 e. The molecule has 0 aliphatic carbocycles. The Balaban J connectivity index is 1.93. The summed E-state index contributed by atoms with van der Waals surface area (Å²) in [6.07, 6.45) is 2.23. The predicted molar refractivity (Wildman–Crippen MR) is 69.3 cm³/mol. The van der Waals surface area contributed by atoms with E-state index in [9.17, 15) is 9.18 Å². The lowest BCUT2D eigenvalue weighted by Gasteiger charge is -2.22. The lowest BCUT2D eigenvalue weighted by atomic mass is 9.99. The molecule has 0 saturated carbocycles. The highest BCUT2D eigenvalue weighted by atomic mass is 35.5. The first-order valence-corrected chi connectivity index (χ1v) is 6.49. The van der Waals surface area contributed by atoms with Crippen molar-refractivity contribution >= 4 is 17.5 Å². The van der Waals surface area contributed by atoms with E-state index in [4.69, 9.17) is 11.6 Å². The van der Waals surface area contributed by atoms with Crippen LogP contribution in [0.4, 0.5) is 4.39 Å². The van der Waals surface area contributed by atoms with Gasteiger partial charge in [0.25, 0.3) is 5.91 Å². The average Bonchev–Trinajstić information content (AvgIpc) is 2.40. The number of benzene rings is 1. The number of carbonyl (C=O) groups is 1. The predicted octanol–water partition coefficient (Wildman–Crippen LogP) is 2.21. The quantitative estimate of drug-likeness (QED) is 0.884. The lowest BCUT2D eigenvalue weighted by molar-refractivity contribution is 0.0944. The molecule has 5 heteroatoms. The zero-order valence-electron chi connectivity index (χ0n) is 10.0. The molecule has 2 N–H and O–H groups in total. The molecule has 2 rings (SSSR count). The summed E-state index contributed by atoms with van der Waals surface area (Å²) >= 11 is 5.76. The van der Waals surface area contributed by atoms with E-state index in [1.807, 2.05) is 0 Å². The molecule has 1 fully saturated rings. The van der Waals surface area contributed by atoms with Crippen LogP contribution >= 0.6 is 11.6 Å². The molecular formula is C13H16ClFN2O. The zero-order chi connectivity index (χ0) is 13.0. The van der Waals surface area contributed by atoms with Gasteiger partial charge in [-0.15, -0.1) is 0 Å². The van der Waals surface area contributed by atoms with Crippen molar-refractivity contribution in [2.24, 2.45) is 5.92 Å². The third-order valence-corrected chi connectivity index (χ3v) is 3.53. The van der Waals surface area contributed by atoms with Crippen molar-refractivity contribution in [1.82, 2.24) is 10.6 Å². The molecule has 1 saturated heterocycles. The maximum absolute atomic E-state index is 13.2. The first-order chi connectivity index (χ1) is 8.68. The highest BCUT2D eigenvalue weighted by molar-refractivity contribution is 6.34. The topological polar surface area (TPSA) is 41.1 Å². The number of nitrogens with one attached hydrogen (secondary N) is 2. The highest BCUT2D eigenvalue weighted by Crippen LogP contribution is 2.19. The number of piperidine rings is 1. The van der Waals surface area contributed by atoms with E-state index in [1.165, 1.54) is 18.2 Å². The van der Waals surface area contributed by atoms with E-state index in [1.54, 1.807) is 0 Å². The second-order valence-corrected chi connectivity index (χ2v) is 4.90. The van der Waals surface area contributed by atoms with Crippen LogP contribution in [0.5, 0.6) is 0 Å². The molecule has 98 valence electrons. The van der Waals surface area contributed by atoms with Crippen molar-refractivity contribution in [3.63, 3.8) is 0 Å². The van der Waals surface area contributed by atoms with Gasteiger partial charge < -0.3 is 10.6 Å². The maximum Gasteiger partial charge on any atom is 0.252 e. The van der Waals surface area contributed by atoms with Crippen LogP contribution in [-0.4, -0.2) is 25.5 Å². The fourth-order valence-corrected chi connectivity index (χ4v) is 2.32. The number of hydrogen-bond donors (Lipinski definition) is 2. The summed E-state index contributed by atoms with van der Waals surface area (Å²) in [4.78, 5) is 11.9. The van der Waals surface area contributed by atoms with E-state index in [-0.39, 0.29) is 16.5 Å².